The molecule has 2 N–H and O–H groups in total. The van der Waals surface area contributed by atoms with Gasteiger partial charge >= 0.3 is 0 Å². The molecule has 0 heterocycles. The van der Waals surface area contributed by atoms with Crippen molar-refractivity contribution in [1.29, 1.82) is 0 Å². The van der Waals surface area contributed by atoms with Crippen molar-refractivity contribution >= 4 is 21.8 Å². The van der Waals surface area contributed by atoms with Crippen LogP contribution in [0.3, 0.4) is 0 Å². The van der Waals surface area contributed by atoms with Crippen LogP contribution in [0.15, 0.2) is 29.2 Å². The molecule has 0 amide bonds. The van der Waals surface area contributed by atoms with Gasteiger partial charge in [-0.3, -0.25) is 0 Å². The number of nitrogens with one attached hydrogen (secondary N) is 2. The van der Waals surface area contributed by atoms with E-state index in [2.05, 4.69) is 16.3 Å². The number of benzene rings is 1. The molecule has 2 rings (SSSR count). The van der Waals surface area contributed by atoms with Crippen LogP contribution in [-0.4, -0.2) is 32.5 Å². The summed E-state index contributed by atoms with van der Waals surface area (Å²) in [6, 6.07) is 7.25. The van der Waals surface area contributed by atoms with E-state index < -0.39 is 10.0 Å². The Balaban J connectivity index is 2.05. The van der Waals surface area contributed by atoms with Gasteiger partial charge in [-0.1, -0.05) is 19.1 Å². The van der Waals surface area contributed by atoms with Crippen LogP contribution < -0.4 is 10.0 Å². The summed E-state index contributed by atoms with van der Waals surface area (Å²) in [5.41, 5.74) is 0.994. The van der Waals surface area contributed by atoms with Crippen LogP contribution in [0.4, 0.5) is 0 Å². The van der Waals surface area contributed by atoms with Gasteiger partial charge in [-0.25, -0.2) is 13.1 Å². The molecule has 1 aromatic carbocycles. The molecule has 0 radical (unpaired) electrons. The van der Waals surface area contributed by atoms with E-state index in [0.717, 1.165) is 31.4 Å². The van der Waals surface area contributed by atoms with Crippen molar-refractivity contribution in [3.05, 3.63) is 29.8 Å². The van der Waals surface area contributed by atoms with E-state index in [-0.39, 0.29) is 6.04 Å². The second-order valence-corrected chi connectivity index (χ2v) is 8.27. The van der Waals surface area contributed by atoms with Gasteiger partial charge in [0.15, 0.2) is 0 Å². The van der Waals surface area contributed by atoms with Gasteiger partial charge in [0.05, 0.1) is 4.90 Å². The maximum Gasteiger partial charge on any atom is 0.240 e. The average Bonchev–Trinajstić information content (AvgIpc) is 2.92. The Morgan fingerprint density at radius 2 is 2.14 bits per heavy atom. The number of rotatable bonds is 7. The molecule has 0 saturated heterocycles. The Bertz CT molecular complexity index is 561. The molecule has 1 aliphatic rings. The maximum atomic E-state index is 12.5. The van der Waals surface area contributed by atoms with Gasteiger partial charge in [-0.05, 0) is 49.8 Å². The maximum absolute atomic E-state index is 12.5. The highest BCUT2D eigenvalue weighted by atomic mass is 32.2. The normalized spacial score (nSPS) is 22.6. The van der Waals surface area contributed by atoms with Crippen molar-refractivity contribution in [2.24, 2.45) is 0 Å². The number of hydrogen-bond donors (Lipinski definition) is 2. The Morgan fingerprint density at radius 1 is 1.33 bits per heavy atom. The predicted octanol–water partition coefficient (Wildman–Crippen LogP) is 2.36. The zero-order chi connectivity index (χ0) is 15.3. The zero-order valence-electron chi connectivity index (χ0n) is 12.6. The van der Waals surface area contributed by atoms with Crippen molar-refractivity contribution in [2.75, 3.05) is 12.8 Å². The summed E-state index contributed by atoms with van der Waals surface area (Å²) in [5, 5.41) is 3.79. The average molecular weight is 329 g/mol. The topological polar surface area (TPSA) is 58.2 Å². The largest absolute Gasteiger partial charge is 0.313 e. The van der Waals surface area contributed by atoms with Crippen LogP contribution in [0.5, 0.6) is 0 Å². The van der Waals surface area contributed by atoms with E-state index in [1.807, 2.05) is 24.8 Å². The van der Waals surface area contributed by atoms with Crippen molar-refractivity contribution < 1.29 is 8.42 Å². The lowest BCUT2D eigenvalue weighted by molar-refractivity contribution is 0.552. The van der Waals surface area contributed by atoms with E-state index in [0.29, 0.717) is 16.7 Å². The SMILES string of the molecule is CCNCc1cccc(S(=O)(=O)NC2CCC(SC)C2)c1. The molecule has 1 fully saturated rings. The van der Waals surface area contributed by atoms with Gasteiger partial charge in [0.25, 0.3) is 0 Å². The monoisotopic (exact) mass is 328 g/mol. The zero-order valence-corrected chi connectivity index (χ0v) is 14.3. The first kappa shape index (κ1) is 16.8. The molecule has 2 atom stereocenters. The van der Waals surface area contributed by atoms with Crippen molar-refractivity contribution in [3.8, 4) is 0 Å². The van der Waals surface area contributed by atoms with Gasteiger partial charge < -0.3 is 5.32 Å². The van der Waals surface area contributed by atoms with Crippen LogP contribution in [0.25, 0.3) is 0 Å². The summed E-state index contributed by atoms with van der Waals surface area (Å²) in [6.45, 7) is 3.59. The van der Waals surface area contributed by atoms with Gasteiger partial charge in [0.2, 0.25) is 10.0 Å². The van der Waals surface area contributed by atoms with Crippen LogP contribution in [0, 0.1) is 0 Å². The lowest BCUT2D eigenvalue weighted by Gasteiger charge is -2.14. The highest BCUT2D eigenvalue weighted by Crippen LogP contribution is 2.29. The lowest BCUT2D eigenvalue weighted by Crippen LogP contribution is -2.33. The minimum absolute atomic E-state index is 0.0740. The number of thioether (sulfide) groups is 1. The fraction of sp³-hybridized carbons (Fsp3) is 0.600. The first-order chi connectivity index (χ1) is 10.0. The predicted molar refractivity (Wildman–Crippen MR) is 89.1 cm³/mol. The minimum Gasteiger partial charge on any atom is -0.313 e. The third-order valence-electron chi connectivity index (χ3n) is 3.83. The molecule has 118 valence electrons. The van der Waals surface area contributed by atoms with Gasteiger partial charge in [0.1, 0.15) is 0 Å². The Hall–Kier alpha value is -0.560. The molecular formula is C15H24N2O2S2. The summed E-state index contributed by atoms with van der Waals surface area (Å²) in [4.78, 5) is 0.366. The van der Waals surface area contributed by atoms with Crippen LogP contribution in [-0.2, 0) is 16.6 Å². The highest BCUT2D eigenvalue weighted by Gasteiger charge is 2.28. The molecule has 0 spiro atoms. The Labute approximate surface area is 132 Å². The standard InChI is InChI=1S/C15H24N2O2S2/c1-3-16-11-12-5-4-6-15(9-12)21(18,19)17-13-7-8-14(10-13)20-2/h4-6,9,13-14,16-17H,3,7-8,10-11H2,1-2H3. The molecule has 0 bridgehead atoms. The first-order valence-electron chi connectivity index (χ1n) is 7.40. The minimum atomic E-state index is -3.41. The molecule has 4 nitrogen and oxygen atoms in total. The van der Waals surface area contributed by atoms with Crippen molar-refractivity contribution in [3.63, 3.8) is 0 Å². The van der Waals surface area contributed by atoms with Gasteiger partial charge in [-0.15, -0.1) is 0 Å². The molecule has 1 aromatic rings. The molecule has 2 unspecified atom stereocenters. The lowest BCUT2D eigenvalue weighted by atomic mass is 10.2. The molecule has 21 heavy (non-hydrogen) atoms. The van der Waals surface area contributed by atoms with Gasteiger partial charge in [-0.2, -0.15) is 11.8 Å². The quantitative estimate of drug-likeness (QED) is 0.807. The Morgan fingerprint density at radius 3 is 2.81 bits per heavy atom. The fourth-order valence-electron chi connectivity index (χ4n) is 2.64. The van der Waals surface area contributed by atoms with E-state index in [1.54, 1.807) is 18.2 Å². The van der Waals surface area contributed by atoms with Crippen LogP contribution in [0.1, 0.15) is 31.7 Å². The second kappa shape index (κ2) is 7.63. The summed E-state index contributed by atoms with van der Waals surface area (Å²) < 4.78 is 27.8. The molecule has 0 aliphatic heterocycles. The fourth-order valence-corrected chi connectivity index (χ4v) is 4.79. The Kier molecular flexibility index (Phi) is 6.10. The second-order valence-electron chi connectivity index (χ2n) is 5.42. The molecule has 1 saturated carbocycles. The van der Waals surface area contributed by atoms with Crippen LogP contribution >= 0.6 is 11.8 Å². The first-order valence-corrected chi connectivity index (χ1v) is 10.2. The smallest absolute Gasteiger partial charge is 0.240 e. The summed E-state index contributed by atoms with van der Waals surface area (Å²) in [6.07, 6.45) is 5.04. The highest BCUT2D eigenvalue weighted by molar-refractivity contribution is 7.99. The molecule has 6 heteroatoms. The van der Waals surface area contributed by atoms with Crippen molar-refractivity contribution in [2.45, 2.75) is 48.9 Å². The number of sulfonamides is 1. The molecule has 0 aromatic heterocycles. The molecular weight excluding hydrogens is 304 g/mol. The summed E-state index contributed by atoms with van der Waals surface area (Å²) >= 11 is 1.83. The van der Waals surface area contributed by atoms with Crippen LogP contribution in [0.2, 0.25) is 0 Å². The van der Waals surface area contributed by atoms with Crippen molar-refractivity contribution in [1.82, 2.24) is 10.0 Å². The van der Waals surface area contributed by atoms with E-state index in [9.17, 15) is 8.42 Å². The number of hydrogen-bond acceptors (Lipinski definition) is 4. The van der Waals surface area contributed by atoms with E-state index in [4.69, 9.17) is 0 Å². The van der Waals surface area contributed by atoms with E-state index in [1.165, 1.54) is 0 Å². The summed E-state index contributed by atoms with van der Waals surface area (Å²) in [5.74, 6) is 0. The third kappa shape index (κ3) is 4.71. The van der Waals surface area contributed by atoms with Gasteiger partial charge in [0, 0.05) is 17.8 Å². The molecule has 1 aliphatic carbocycles. The third-order valence-corrected chi connectivity index (χ3v) is 6.44. The summed E-state index contributed by atoms with van der Waals surface area (Å²) in [7, 11) is -3.41. The van der Waals surface area contributed by atoms with E-state index >= 15 is 0 Å².